The third kappa shape index (κ3) is 3.13. The summed E-state index contributed by atoms with van der Waals surface area (Å²) in [5, 5.41) is 3.18. The van der Waals surface area contributed by atoms with E-state index >= 15 is 0 Å². The summed E-state index contributed by atoms with van der Waals surface area (Å²) in [6, 6.07) is 3.55. The molecule has 1 saturated heterocycles. The molecular formula is C13H17F2NO3. The van der Waals surface area contributed by atoms with E-state index in [1.165, 1.54) is 7.11 Å². The van der Waals surface area contributed by atoms with E-state index in [0.29, 0.717) is 23.0 Å². The maximum Gasteiger partial charge on any atom is 0.345 e. The minimum Gasteiger partial charge on any atom is -0.496 e. The maximum atomic E-state index is 12.1. The minimum absolute atomic E-state index is 0.208. The summed E-state index contributed by atoms with van der Waals surface area (Å²) in [7, 11) is 3.08. The second-order valence-electron chi connectivity index (χ2n) is 4.33. The van der Waals surface area contributed by atoms with E-state index in [9.17, 15) is 8.78 Å². The second kappa shape index (κ2) is 6.16. The predicted octanol–water partition coefficient (Wildman–Crippen LogP) is 2.13. The molecule has 1 fully saturated rings. The second-order valence-corrected chi connectivity index (χ2v) is 4.33. The molecule has 0 spiro atoms. The number of rotatable bonds is 6. The van der Waals surface area contributed by atoms with Gasteiger partial charge in [0.1, 0.15) is 11.5 Å². The van der Waals surface area contributed by atoms with Crippen molar-refractivity contribution in [2.24, 2.45) is 0 Å². The molecule has 0 bridgehead atoms. The molecule has 19 heavy (non-hydrogen) atoms. The lowest BCUT2D eigenvalue weighted by molar-refractivity contribution is -0.137. The van der Waals surface area contributed by atoms with Crippen LogP contribution in [0.1, 0.15) is 17.0 Å². The normalized spacial score (nSPS) is 15.4. The van der Waals surface area contributed by atoms with Crippen LogP contribution in [0.5, 0.6) is 11.5 Å². The molecule has 0 unspecified atom stereocenters. The lowest BCUT2D eigenvalue weighted by Crippen LogP contribution is -2.40. The van der Waals surface area contributed by atoms with Crippen LogP contribution in [0.25, 0.3) is 0 Å². The topological polar surface area (TPSA) is 39.7 Å². The molecule has 1 N–H and O–H groups in total. The molecule has 1 aliphatic rings. The summed E-state index contributed by atoms with van der Waals surface area (Å²) in [4.78, 5) is 0. The van der Waals surface area contributed by atoms with Crippen molar-refractivity contribution in [3.8, 4) is 11.5 Å². The molecule has 106 valence electrons. The molecule has 6 heteroatoms. The number of ether oxygens (including phenoxy) is 3. The van der Waals surface area contributed by atoms with Gasteiger partial charge in [-0.3, -0.25) is 0 Å². The fraction of sp³-hybridized carbons (Fsp3) is 0.538. The van der Waals surface area contributed by atoms with Crippen LogP contribution in [-0.2, 0) is 11.3 Å². The fourth-order valence-electron chi connectivity index (χ4n) is 2.08. The first-order valence-electron chi connectivity index (χ1n) is 6.01. The van der Waals surface area contributed by atoms with Crippen molar-refractivity contribution >= 4 is 0 Å². The van der Waals surface area contributed by atoms with Crippen LogP contribution < -0.4 is 14.8 Å². The Balaban J connectivity index is 2.27. The van der Waals surface area contributed by atoms with Crippen molar-refractivity contribution in [3.63, 3.8) is 0 Å². The summed E-state index contributed by atoms with van der Waals surface area (Å²) >= 11 is 0. The Kier molecular flexibility index (Phi) is 4.55. The van der Waals surface area contributed by atoms with Gasteiger partial charge in [0.2, 0.25) is 0 Å². The molecular weight excluding hydrogens is 256 g/mol. The molecule has 0 aliphatic carbocycles. The highest BCUT2D eigenvalue weighted by molar-refractivity contribution is 5.48. The van der Waals surface area contributed by atoms with Gasteiger partial charge in [0.25, 0.3) is 0 Å². The molecule has 0 radical (unpaired) electrons. The van der Waals surface area contributed by atoms with Gasteiger partial charge in [-0.2, -0.15) is 8.78 Å². The number of alkyl halides is 2. The van der Waals surface area contributed by atoms with Crippen molar-refractivity contribution in [2.75, 3.05) is 27.3 Å². The number of hydrogen-bond acceptors (Lipinski definition) is 4. The molecule has 1 aromatic rings. The first kappa shape index (κ1) is 14.0. The molecule has 0 atom stereocenters. The molecule has 1 aliphatic heterocycles. The van der Waals surface area contributed by atoms with Gasteiger partial charge in [0.15, 0.2) is 0 Å². The molecule has 4 nitrogen and oxygen atoms in total. The molecule has 1 aromatic carbocycles. The average Bonchev–Trinajstić information content (AvgIpc) is 2.34. The summed E-state index contributed by atoms with van der Waals surface area (Å²) in [6.07, 6.45) is 0. The highest BCUT2D eigenvalue weighted by Gasteiger charge is 2.24. The zero-order chi connectivity index (χ0) is 13.8. The van der Waals surface area contributed by atoms with Gasteiger partial charge in [0.05, 0.1) is 20.8 Å². The van der Waals surface area contributed by atoms with Crippen molar-refractivity contribution in [1.29, 1.82) is 0 Å². The van der Waals surface area contributed by atoms with E-state index in [0.717, 1.165) is 18.7 Å². The quantitative estimate of drug-likeness (QED) is 0.862. The van der Waals surface area contributed by atoms with Crippen LogP contribution in [0.4, 0.5) is 8.78 Å². The smallest absolute Gasteiger partial charge is 0.345 e. The van der Waals surface area contributed by atoms with Gasteiger partial charge in [-0.1, -0.05) is 0 Å². The van der Waals surface area contributed by atoms with Crippen LogP contribution in [0.15, 0.2) is 12.1 Å². The molecule has 0 amide bonds. The van der Waals surface area contributed by atoms with Crippen LogP contribution >= 0.6 is 0 Å². The maximum absolute atomic E-state index is 12.1. The highest BCUT2D eigenvalue weighted by Crippen LogP contribution is 2.35. The summed E-state index contributed by atoms with van der Waals surface area (Å²) in [6.45, 7) is -1.25. The van der Waals surface area contributed by atoms with Crippen molar-refractivity contribution < 1.29 is 23.0 Å². The van der Waals surface area contributed by atoms with E-state index in [2.05, 4.69) is 10.1 Å². The van der Waals surface area contributed by atoms with Crippen molar-refractivity contribution in [3.05, 3.63) is 23.3 Å². The van der Waals surface area contributed by atoms with Crippen LogP contribution in [0.2, 0.25) is 0 Å². The monoisotopic (exact) mass is 273 g/mol. The molecule has 0 aromatic heterocycles. The van der Waals surface area contributed by atoms with Gasteiger partial charge in [0, 0.05) is 30.1 Å². The van der Waals surface area contributed by atoms with Gasteiger partial charge < -0.3 is 19.5 Å². The highest BCUT2D eigenvalue weighted by atomic mass is 19.3. The third-order valence-corrected chi connectivity index (χ3v) is 3.22. The Morgan fingerprint density at radius 2 is 1.89 bits per heavy atom. The molecule has 2 rings (SSSR count). The van der Waals surface area contributed by atoms with E-state index in [-0.39, 0.29) is 6.61 Å². The molecule has 1 heterocycles. The zero-order valence-electron chi connectivity index (χ0n) is 10.9. The van der Waals surface area contributed by atoms with Crippen LogP contribution in [-0.4, -0.2) is 33.9 Å². The van der Waals surface area contributed by atoms with Gasteiger partial charge in [-0.05, 0) is 12.1 Å². The Labute approximate surface area is 110 Å². The Hall–Kier alpha value is -1.40. The van der Waals surface area contributed by atoms with Gasteiger partial charge in [-0.25, -0.2) is 0 Å². The zero-order valence-corrected chi connectivity index (χ0v) is 10.9. The van der Waals surface area contributed by atoms with E-state index < -0.39 is 6.61 Å². The van der Waals surface area contributed by atoms with E-state index in [4.69, 9.17) is 9.47 Å². The summed E-state index contributed by atoms with van der Waals surface area (Å²) < 4.78 is 39.1. The van der Waals surface area contributed by atoms with E-state index in [1.807, 2.05) is 6.07 Å². The lowest BCUT2D eigenvalue weighted by Gasteiger charge is -2.29. The number of methoxy groups -OCH3 is 2. The van der Waals surface area contributed by atoms with E-state index in [1.54, 1.807) is 13.2 Å². The van der Waals surface area contributed by atoms with Crippen LogP contribution in [0, 0.1) is 0 Å². The largest absolute Gasteiger partial charge is 0.496 e. The Morgan fingerprint density at radius 3 is 2.37 bits per heavy atom. The standard InChI is InChI=1S/C13H17F2NO3/c1-17-11-4-10(9-5-16-6-9)12(18-2)3-8(11)7-19-13(14)15/h3-4,9,13,16H,5-7H2,1-2H3. The fourth-order valence-corrected chi connectivity index (χ4v) is 2.08. The number of halogens is 2. The number of nitrogens with one attached hydrogen (secondary N) is 1. The first-order chi connectivity index (χ1) is 9.15. The predicted molar refractivity (Wildman–Crippen MR) is 65.9 cm³/mol. The Bertz CT molecular complexity index is 436. The number of hydrogen-bond donors (Lipinski definition) is 1. The SMILES string of the molecule is COc1cc(C2CNC2)c(OC)cc1COC(F)F. The number of benzene rings is 1. The minimum atomic E-state index is -2.80. The van der Waals surface area contributed by atoms with Crippen LogP contribution in [0.3, 0.4) is 0 Å². The molecule has 0 saturated carbocycles. The van der Waals surface area contributed by atoms with Crippen molar-refractivity contribution in [1.82, 2.24) is 5.32 Å². The lowest BCUT2D eigenvalue weighted by atomic mass is 9.91. The van der Waals surface area contributed by atoms with Crippen molar-refractivity contribution in [2.45, 2.75) is 19.1 Å². The first-order valence-corrected chi connectivity index (χ1v) is 6.01. The van der Waals surface area contributed by atoms with Gasteiger partial charge >= 0.3 is 6.61 Å². The third-order valence-electron chi connectivity index (χ3n) is 3.22. The summed E-state index contributed by atoms with van der Waals surface area (Å²) in [5.41, 5.74) is 1.58. The summed E-state index contributed by atoms with van der Waals surface area (Å²) in [5.74, 6) is 1.59. The Morgan fingerprint density at radius 1 is 1.21 bits per heavy atom. The van der Waals surface area contributed by atoms with Gasteiger partial charge in [-0.15, -0.1) is 0 Å². The average molecular weight is 273 g/mol.